The second kappa shape index (κ2) is 5.19. The zero-order valence-corrected chi connectivity index (χ0v) is 10.6. The van der Waals surface area contributed by atoms with Gasteiger partial charge in [-0.3, -0.25) is 0 Å². The topological polar surface area (TPSA) is 0 Å². The average molecular weight is 196 g/mol. The normalized spacial score (nSPS) is 31.1. The van der Waals surface area contributed by atoms with Crippen LogP contribution in [0, 0.1) is 17.3 Å². The van der Waals surface area contributed by atoms with Crippen LogP contribution in [0.4, 0.5) is 0 Å². The number of unbranched alkanes of at least 4 members (excludes halogenated alkanes) is 1. The lowest BCUT2D eigenvalue weighted by molar-refractivity contribution is 0.343. The number of hydrogen-bond acceptors (Lipinski definition) is 0. The fraction of sp³-hybridized carbons (Fsp3) is 1.00. The lowest BCUT2D eigenvalue weighted by atomic mass is 9.89. The van der Waals surface area contributed by atoms with Crippen LogP contribution in [-0.2, 0) is 0 Å². The van der Waals surface area contributed by atoms with Crippen LogP contribution in [0.3, 0.4) is 0 Å². The van der Waals surface area contributed by atoms with E-state index in [2.05, 4.69) is 27.7 Å². The van der Waals surface area contributed by atoms with E-state index in [4.69, 9.17) is 0 Å². The molecule has 1 saturated carbocycles. The van der Waals surface area contributed by atoms with E-state index in [0.717, 1.165) is 17.3 Å². The van der Waals surface area contributed by atoms with Gasteiger partial charge in [-0.15, -0.1) is 0 Å². The summed E-state index contributed by atoms with van der Waals surface area (Å²) in [6, 6.07) is 0. The van der Waals surface area contributed by atoms with Gasteiger partial charge in [0, 0.05) is 0 Å². The van der Waals surface area contributed by atoms with Gasteiger partial charge in [0.1, 0.15) is 0 Å². The average Bonchev–Trinajstić information content (AvgIpc) is 2.75. The molecule has 0 aromatic carbocycles. The van der Waals surface area contributed by atoms with Crippen molar-refractivity contribution in [3.8, 4) is 0 Å². The quantitative estimate of drug-likeness (QED) is 0.536. The highest BCUT2D eigenvalue weighted by Crippen LogP contribution is 2.61. The fourth-order valence-corrected chi connectivity index (χ4v) is 3.10. The van der Waals surface area contributed by atoms with Crippen LogP contribution in [0.15, 0.2) is 0 Å². The molecular weight excluding hydrogens is 168 g/mol. The first-order valence-electron chi connectivity index (χ1n) is 6.64. The molecule has 2 atom stereocenters. The van der Waals surface area contributed by atoms with Crippen LogP contribution >= 0.6 is 0 Å². The van der Waals surface area contributed by atoms with E-state index < -0.39 is 0 Å². The first-order valence-corrected chi connectivity index (χ1v) is 6.64. The Labute approximate surface area is 90.5 Å². The first kappa shape index (κ1) is 12.1. The van der Waals surface area contributed by atoms with Gasteiger partial charge in [0.2, 0.25) is 0 Å². The van der Waals surface area contributed by atoms with Crippen molar-refractivity contribution in [3.05, 3.63) is 0 Å². The Morgan fingerprint density at radius 2 is 1.86 bits per heavy atom. The van der Waals surface area contributed by atoms with Gasteiger partial charge in [0.15, 0.2) is 0 Å². The molecule has 1 aliphatic rings. The lowest BCUT2D eigenvalue weighted by Crippen LogP contribution is -2.05. The fourth-order valence-electron chi connectivity index (χ4n) is 3.10. The summed E-state index contributed by atoms with van der Waals surface area (Å²) >= 11 is 0. The summed E-state index contributed by atoms with van der Waals surface area (Å²) in [5, 5.41) is 0. The van der Waals surface area contributed by atoms with Gasteiger partial charge >= 0.3 is 0 Å². The Kier molecular flexibility index (Phi) is 4.47. The molecule has 0 aromatic rings. The SMILES string of the molecule is CCCCC1(CCC)CC1CC(C)C. The van der Waals surface area contributed by atoms with E-state index in [1.807, 2.05) is 0 Å². The summed E-state index contributed by atoms with van der Waals surface area (Å²) < 4.78 is 0. The van der Waals surface area contributed by atoms with Crippen molar-refractivity contribution in [1.29, 1.82) is 0 Å². The maximum absolute atomic E-state index is 2.37. The predicted molar refractivity (Wildman–Crippen MR) is 64.4 cm³/mol. The summed E-state index contributed by atoms with van der Waals surface area (Å²) in [6.07, 6.45) is 10.2. The van der Waals surface area contributed by atoms with Crippen molar-refractivity contribution in [2.75, 3.05) is 0 Å². The Balaban J connectivity index is 2.35. The molecule has 0 radical (unpaired) electrons. The second-order valence-corrected chi connectivity index (χ2v) is 5.75. The van der Waals surface area contributed by atoms with Gasteiger partial charge in [0.05, 0.1) is 0 Å². The van der Waals surface area contributed by atoms with E-state index >= 15 is 0 Å². The summed E-state index contributed by atoms with van der Waals surface area (Å²) in [5.41, 5.74) is 0.801. The van der Waals surface area contributed by atoms with Gasteiger partial charge in [-0.2, -0.15) is 0 Å². The highest BCUT2D eigenvalue weighted by Gasteiger charge is 2.51. The van der Waals surface area contributed by atoms with Gasteiger partial charge in [-0.1, -0.05) is 47.0 Å². The largest absolute Gasteiger partial charge is 0.0654 e. The Morgan fingerprint density at radius 1 is 1.14 bits per heavy atom. The standard InChI is InChI=1S/C14H28/c1-5-7-9-14(8-6-2)11-13(14)10-12(3)4/h12-13H,5-11H2,1-4H3. The third-order valence-electron chi connectivity index (χ3n) is 3.89. The van der Waals surface area contributed by atoms with Crippen molar-refractivity contribution >= 4 is 0 Å². The van der Waals surface area contributed by atoms with Gasteiger partial charge in [0.25, 0.3) is 0 Å². The minimum absolute atomic E-state index is 0.801. The van der Waals surface area contributed by atoms with Crippen molar-refractivity contribution in [3.63, 3.8) is 0 Å². The highest BCUT2D eigenvalue weighted by atomic mass is 14.6. The molecule has 0 spiro atoms. The van der Waals surface area contributed by atoms with Crippen LogP contribution in [0.2, 0.25) is 0 Å². The van der Waals surface area contributed by atoms with Gasteiger partial charge in [-0.25, -0.2) is 0 Å². The van der Waals surface area contributed by atoms with Gasteiger partial charge < -0.3 is 0 Å². The van der Waals surface area contributed by atoms with E-state index in [9.17, 15) is 0 Å². The van der Waals surface area contributed by atoms with Crippen LogP contribution in [0.1, 0.15) is 72.6 Å². The molecule has 0 nitrogen and oxygen atoms in total. The first-order chi connectivity index (χ1) is 6.64. The Bertz CT molecular complexity index is 159. The van der Waals surface area contributed by atoms with Crippen molar-refractivity contribution in [1.82, 2.24) is 0 Å². The smallest absolute Gasteiger partial charge is 0.0266 e. The minimum Gasteiger partial charge on any atom is -0.0654 e. The molecule has 1 rings (SSSR count). The summed E-state index contributed by atoms with van der Waals surface area (Å²) in [5.74, 6) is 1.98. The van der Waals surface area contributed by atoms with Crippen LogP contribution in [0.25, 0.3) is 0 Å². The molecule has 84 valence electrons. The Morgan fingerprint density at radius 3 is 2.36 bits per heavy atom. The molecule has 0 aliphatic heterocycles. The molecule has 2 unspecified atom stereocenters. The molecule has 1 aliphatic carbocycles. The highest BCUT2D eigenvalue weighted by molar-refractivity contribution is 5.01. The minimum atomic E-state index is 0.801. The lowest BCUT2D eigenvalue weighted by Gasteiger charge is -2.17. The molecule has 0 amide bonds. The molecule has 1 fully saturated rings. The zero-order chi connectivity index (χ0) is 10.6. The molecule has 0 heteroatoms. The maximum Gasteiger partial charge on any atom is -0.0266 e. The predicted octanol–water partition coefficient (Wildman–Crippen LogP) is 5.03. The summed E-state index contributed by atoms with van der Waals surface area (Å²) in [6.45, 7) is 9.40. The van der Waals surface area contributed by atoms with Gasteiger partial charge in [-0.05, 0) is 42.9 Å². The molecular formula is C14H28. The molecule has 0 N–H and O–H groups in total. The molecule has 0 heterocycles. The number of hydrogen-bond donors (Lipinski definition) is 0. The molecule has 0 bridgehead atoms. The Hall–Kier alpha value is 0. The second-order valence-electron chi connectivity index (χ2n) is 5.75. The van der Waals surface area contributed by atoms with E-state index in [1.54, 1.807) is 6.42 Å². The molecule has 14 heavy (non-hydrogen) atoms. The zero-order valence-electron chi connectivity index (χ0n) is 10.6. The van der Waals surface area contributed by atoms with E-state index in [-0.39, 0.29) is 0 Å². The van der Waals surface area contributed by atoms with Crippen LogP contribution < -0.4 is 0 Å². The van der Waals surface area contributed by atoms with Crippen LogP contribution in [-0.4, -0.2) is 0 Å². The maximum atomic E-state index is 2.37. The van der Waals surface area contributed by atoms with E-state index in [0.29, 0.717) is 0 Å². The molecule has 0 aromatic heterocycles. The molecule has 0 saturated heterocycles. The van der Waals surface area contributed by atoms with Crippen molar-refractivity contribution in [2.45, 2.75) is 72.6 Å². The van der Waals surface area contributed by atoms with E-state index in [1.165, 1.54) is 38.5 Å². The number of rotatable bonds is 7. The van der Waals surface area contributed by atoms with Crippen LogP contribution in [0.5, 0.6) is 0 Å². The van der Waals surface area contributed by atoms with Crippen molar-refractivity contribution < 1.29 is 0 Å². The summed E-state index contributed by atoms with van der Waals surface area (Å²) in [4.78, 5) is 0. The third kappa shape index (κ3) is 3.00. The monoisotopic (exact) mass is 196 g/mol. The summed E-state index contributed by atoms with van der Waals surface area (Å²) in [7, 11) is 0. The van der Waals surface area contributed by atoms with Crippen molar-refractivity contribution in [2.24, 2.45) is 17.3 Å². The third-order valence-corrected chi connectivity index (χ3v) is 3.89.